The van der Waals surface area contributed by atoms with Gasteiger partial charge in [0.1, 0.15) is 11.6 Å². The number of rotatable bonds is 2. The van der Waals surface area contributed by atoms with Gasteiger partial charge in [-0.3, -0.25) is 0 Å². The van der Waals surface area contributed by atoms with Crippen LogP contribution < -0.4 is 0 Å². The minimum absolute atomic E-state index is 0.219. The Hall–Kier alpha value is -2.02. The molecule has 1 aliphatic carbocycles. The van der Waals surface area contributed by atoms with E-state index in [2.05, 4.69) is 15.6 Å². The van der Waals surface area contributed by atoms with Crippen molar-refractivity contribution in [1.29, 1.82) is 5.26 Å². The first kappa shape index (κ1) is 9.22. The summed E-state index contributed by atoms with van der Waals surface area (Å²) in [6, 6.07) is 7.82. The highest BCUT2D eigenvalue weighted by Crippen LogP contribution is 2.39. The van der Waals surface area contributed by atoms with Crippen LogP contribution in [0.2, 0.25) is 0 Å². The SMILES string of the molecule is N#CCc1nc2cc(O)ccc2n1C1CC1. The summed E-state index contributed by atoms with van der Waals surface area (Å²) in [6.07, 6.45) is 2.64. The first-order valence-corrected chi connectivity index (χ1v) is 5.36. The molecule has 0 aliphatic heterocycles. The Morgan fingerprint density at radius 2 is 2.31 bits per heavy atom. The van der Waals surface area contributed by atoms with Crippen LogP contribution in [-0.4, -0.2) is 14.7 Å². The molecular weight excluding hydrogens is 202 g/mol. The lowest BCUT2D eigenvalue weighted by Crippen LogP contribution is -2.00. The summed E-state index contributed by atoms with van der Waals surface area (Å²) in [5.74, 6) is 1.03. The largest absolute Gasteiger partial charge is 0.508 e. The summed E-state index contributed by atoms with van der Waals surface area (Å²) in [5.41, 5.74) is 1.79. The number of fused-ring (bicyclic) bond motifs is 1. The minimum Gasteiger partial charge on any atom is -0.508 e. The Labute approximate surface area is 92.8 Å². The average molecular weight is 213 g/mol. The molecule has 16 heavy (non-hydrogen) atoms. The van der Waals surface area contributed by atoms with Gasteiger partial charge in [0.15, 0.2) is 0 Å². The molecule has 0 bridgehead atoms. The topological polar surface area (TPSA) is 61.8 Å². The second-order valence-corrected chi connectivity index (χ2v) is 4.14. The summed E-state index contributed by atoms with van der Waals surface area (Å²) in [7, 11) is 0. The van der Waals surface area contributed by atoms with Gasteiger partial charge in [0, 0.05) is 12.1 Å². The molecule has 1 fully saturated rings. The lowest BCUT2D eigenvalue weighted by Gasteiger charge is -2.04. The fraction of sp³-hybridized carbons (Fsp3) is 0.333. The van der Waals surface area contributed by atoms with Crippen molar-refractivity contribution in [3.63, 3.8) is 0 Å². The zero-order chi connectivity index (χ0) is 11.1. The molecule has 0 amide bonds. The predicted octanol–water partition coefficient (Wildman–Crippen LogP) is 2.14. The Balaban J connectivity index is 2.24. The van der Waals surface area contributed by atoms with Crippen molar-refractivity contribution < 1.29 is 5.11 Å². The average Bonchev–Trinajstić information content (AvgIpc) is 3.02. The van der Waals surface area contributed by atoms with Crippen molar-refractivity contribution in [3.05, 3.63) is 24.0 Å². The van der Waals surface area contributed by atoms with Crippen LogP contribution in [0.25, 0.3) is 11.0 Å². The van der Waals surface area contributed by atoms with Crippen molar-refractivity contribution in [2.45, 2.75) is 25.3 Å². The standard InChI is InChI=1S/C12H11N3O/c13-6-5-12-14-10-7-9(16)3-4-11(10)15(12)8-1-2-8/h3-4,7-8,16H,1-2,5H2. The van der Waals surface area contributed by atoms with Crippen LogP contribution >= 0.6 is 0 Å². The smallest absolute Gasteiger partial charge is 0.124 e. The molecular formula is C12H11N3O. The molecule has 1 heterocycles. The van der Waals surface area contributed by atoms with Crippen molar-refractivity contribution in [2.24, 2.45) is 0 Å². The lowest BCUT2D eigenvalue weighted by molar-refractivity contribution is 0.476. The van der Waals surface area contributed by atoms with Crippen molar-refractivity contribution in [3.8, 4) is 11.8 Å². The number of hydrogen-bond acceptors (Lipinski definition) is 3. The van der Waals surface area contributed by atoms with Crippen molar-refractivity contribution in [1.82, 2.24) is 9.55 Å². The van der Waals surface area contributed by atoms with Gasteiger partial charge >= 0.3 is 0 Å². The Morgan fingerprint density at radius 3 is 3.00 bits per heavy atom. The number of aromatic nitrogens is 2. The van der Waals surface area contributed by atoms with Crippen LogP contribution in [0, 0.1) is 11.3 Å². The second kappa shape index (κ2) is 3.24. The Kier molecular flexibility index (Phi) is 1.87. The van der Waals surface area contributed by atoms with Gasteiger partial charge in [0.05, 0.1) is 23.5 Å². The molecule has 1 aliphatic rings. The summed E-state index contributed by atoms with van der Waals surface area (Å²) < 4.78 is 2.14. The van der Waals surface area contributed by atoms with Gasteiger partial charge in [-0.15, -0.1) is 0 Å². The van der Waals surface area contributed by atoms with E-state index in [1.165, 1.54) is 0 Å². The zero-order valence-electron chi connectivity index (χ0n) is 8.72. The van der Waals surface area contributed by atoms with Crippen LogP contribution in [-0.2, 0) is 6.42 Å². The highest BCUT2D eigenvalue weighted by molar-refractivity contribution is 5.78. The first-order chi connectivity index (χ1) is 7.79. The van der Waals surface area contributed by atoms with E-state index in [-0.39, 0.29) is 5.75 Å². The van der Waals surface area contributed by atoms with E-state index in [0.29, 0.717) is 12.5 Å². The van der Waals surface area contributed by atoms with Gasteiger partial charge in [-0.25, -0.2) is 4.98 Å². The maximum absolute atomic E-state index is 9.40. The van der Waals surface area contributed by atoms with Crippen molar-refractivity contribution >= 4 is 11.0 Å². The maximum Gasteiger partial charge on any atom is 0.124 e. The highest BCUT2D eigenvalue weighted by Gasteiger charge is 2.27. The normalized spacial score (nSPS) is 15.2. The summed E-state index contributed by atoms with van der Waals surface area (Å²) >= 11 is 0. The number of aromatic hydroxyl groups is 1. The molecule has 1 saturated carbocycles. The number of nitrogens with zero attached hydrogens (tertiary/aromatic N) is 3. The van der Waals surface area contributed by atoms with E-state index < -0.39 is 0 Å². The number of imidazole rings is 1. The molecule has 0 saturated heterocycles. The fourth-order valence-corrected chi connectivity index (χ4v) is 2.07. The molecule has 0 radical (unpaired) electrons. The van der Waals surface area contributed by atoms with Crippen LogP contribution in [0.1, 0.15) is 24.7 Å². The van der Waals surface area contributed by atoms with Crippen LogP contribution in [0.15, 0.2) is 18.2 Å². The molecule has 4 nitrogen and oxygen atoms in total. The molecule has 4 heteroatoms. The highest BCUT2D eigenvalue weighted by atomic mass is 16.3. The van der Waals surface area contributed by atoms with E-state index in [1.807, 2.05) is 6.07 Å². The summed E-state index contributed by atoms with van der Waals surface area (Å²) in [4.78, 5) is 4.40. The van der Waals surface area contributed by atoms with Gasteiger partial charge in [0.2, 0.25) is 0 Å². The third kappa shape index (κ3) is 1.33. The van der Waals surface area contributed by atoms with E-state index in [4.69, 9.17) is 5.26 Å². The Bertz CT molecular complexity index is 590. The maximum atomic E-state index is 9.40. The third-order valence-corrected chi connectivity index (χ3v) is 2.90. The van der Waals surface area contributed by atoms with Crippen LogP contribution in [0.5, 0.6) is 5.75 Å². The molecule has 0 atom stereocenters. The molecule has 1 N–H and O–H groups in total. The molecule has 3 rings (SSSR count). The van der Waals surface area contributed by atoms with Gasteiger partial charge < -0.3 is 9.67 Å². The molecule has 1 aromatic carbocycles. The van der Waals surface area contributed by atoms with E-state index in [9.17, 15) is 5.11 Å². The van der Waals surface area contributed by atoms with E-state index in [0.717, 1.165) is 29.7 Å². The van der Waals surface area contributed by atoms with Gasteiger partial charge in [-0.2, -0.15) is 5.26 Å². The fourth-order valence-electron chi connectivity index (χ4n) is 2.07. The summed E-state index contributed by atoms with van der Waals surface area (Å²) in [5, 5.41) is 18.2. The number of benzene rings is 1. The number of phenols is 1. The molecule has 0 spiro atoms. The van der Waals surface area contributed by atoms with Crippen molar-refractivity contribution in [2.75, 3.05) is 0 Å². The Morgan fingerprint density at radius 1 is 1.50 bits per heavy atom. The van der Waals surface area contributed by atoms with Crippen LogP contribution in [0.4, 0.5) is 0 Å². The molecule has 80 valence electrons. The summed E-state index contributed by atoms with van der Waals surface area (Å²) in [6.45, 7) is 0. The second-order valence-electron chi connectivity index (χ2n) is 4.14. The number of phenolic OH excluding ortho intramolecular Hbond substituents is 1. The molecule has 1 aromatic heterocycles. The van der Waals surface area contributed by atoms with E-state index in [1.54, 1.807) is 12.1 Å². The first-order valence-electron chi connectivity index (χ1n) is 5.36. The lowest BCUT2D eigenvalue weighted by atomic mass is 10.3. The quantitative estimate of drug-likeness (QED) is 0.831. The number of nitriles is 1. The predicted molar refractivity (Wildman–Crippen MR) is 59.0 cm³/mol. The number of hydrogen-bond donors (Lipinski definition) is 1. The van der Waals surface area contributed by atoms with Crippen LogP contribution in [0.3, 0.4) is 0 Å². The third-order valence-electron chi connectivity index (χ3n) is 2.90. The van der Waals surface area contributed by atoms with Gasteiger partial charge in [0.25, 0.3) is 0 Å². The zero-order valence-corrected chi connectivity index (χ0v) is 8.72. The van der Waals surface area contributed by atoms with Gasteiger partial charge in [-0.1, -0.05) is 0 Å². The van der Waals surface area contributed by atoms with E-state index >= 15 is 0 Å². The molecule has 2 aromatic rings. The van der Waals surface area contributed by atoms with Gasteiger partial charge in [-0.05, 0) is 25.0 Å². The molecule has 0 unspecified atom stereocenters. The minimum atomic E-state index is 0.219. The monoisotopic (exact) mass is 213 g/mol.